The number of carbonyl (C=O) groups is 2. The molecule has 2 N–H and O–H groups in total. The number of piperazine rings is 1. The number of amides is 1. The number of nitrogens with zero attached hydrogens (tertiary/aromatic N) is 5. The normalized spacial score (nSPS) is 15.8. The largest absolute Gasteiger partial charge is 0.481 e. The molecule has 1 amide bonds. The van der Waals surface area contributed by atoms with Gasteiger partial charge in [0.1, 0.15) is 5.15 Å². The Bertz CT molecular complexity index is 797. The van der Waals surface area contributed by atoms with Crippen molar-refractivity contribution in [1.29, 1.82) is 0 Å². The molecule has 1 saturated heterocycles. The summed E-state index contributed by atoms with van der Waals surface area (Å²) in [6.45, 7) is 3.10. The van der Waals surface area contributed by atoms with Gasteiger partial charge < -0.3 is 15.3 Å². The first kappa shape index (κ1) is 20.0. The molecule has 0 aromatic carbocycles. The van der Waals surface area contributed by atoms with Gasteiger partial charge in [-0.25, -0.2) is 15.0 Å². The van der Waals surface area contributed by atoms with Crippen molar-refractivity contribution in [3.63, 3.8) is 0 Å². The van der Waals surface area contributed by atoms with Gasteiger partial charge in [0.05, 0.1) is 17.8 Å². The average molecular weight is 405 g/mol. The van der Waals surface area contributed by atoms with Crippen molar-refractivity contribution in [2.24, 2.45) is 5.92 Å². The van der Waals surface area contributed by atoms with Crippen molar-refractivity contribution in [2.45, 2.75) is 6.42 Å². The Morgan fingerprint density at radius 3 is 2.46 bits per heavy atom. The molecule has 9 nitrogen and oxygen atoms in total. The van der Waals surface area contributed by atoms with Crippen LogP contribution in [0.5, 0.6) is 0 Å². The number of carboxylic acid groups (broad SMARTS) is 1. The van der Waals surface area contributed by atoms with E-state index in [1.807, 2.05) is 0 Å². The maximum absolute atomic E-state index is 12.2. The standard InChI is InChI=1S/C18H21ClN6O3/c19-15-3-2-14(11-22-15)23-16(26)10-13(17(27)28)12-24-6-8-25(9-7-24)18-20-4-1-5-21-18/h1-5,11,13H,6-10,12H2,(H,23,26)(H,27,28). The number of hydrogen-bond acceptors (Lipinski definition) is 7. The van der Waals surface area contributed by atoms with E-state index in [1.54, 1.807) is 30.6 Å². The molecule has 28 heavy (non-hydrogen) atoms. The lowest BCUT2D eigenvalue weighted by Gasteiger charge is -2.35. The number of carboxylic acids is 1. The molecule has 0 radical (unpaired) electrons. The zero-order chi connectivity index (χ0) is 19.9. The van der Waals surface area contributed by atoms with Gasteiger partial charge in [-0.1, -0.05) is 11.6 Å². The number of carbonyl (C=O) groups excluding carboxylic acids is 1. The number of hydrogen-bond donors (Lipinski definition) is 2. The summed E-state index contributed by atoms with van der Waals surface area (Å²) in [5.41, 5.74) is 0.481. The van der Waals surface area contributed by atoms with Gasteiger partial charge in [-0.3, -0.25) is 14.5 Å². The van der Waals surface area contributed by atoms with Crippen LogP contribution in [-0.2, 0) is 9.59 Å². The summed E-state index contributed by atoms with van der Waals surface area (Å²) in [5, 5.41) is 12.5. The number of rotatable bonds is 7. The van der Waals surface area contributed by atoms with Gasteiger partial charge in [-0.15, -0.1) is 0 Å². The Morgan fingerprint density at radius 1 is 1.14 bits per heavy atom. The first-order valence-corrected chi connectivity index (χ1v) is 9.27. The number of anilines is 2. The lowest BCUT2D eigenvalue weighted by atomic mass is 10.0. The quantitative estimate of drug-likeness (QED) is 0.665. The highest BCUT2D eigenvalue weighted by atomic mass is 35.5. The first-order valence-electron chi connectivity index (χ1n) is 8.90. The predicted octanol–water partition coefficient (Wildman–Crippen LogP) is 1.38. The first-order chi connectivity index (χ1) is 13.5. The van der Waals surface area contributed by atoms with Crippen LogP contribution in [0.15, 0.2) is 36.8 Å². The van der Waals surface area contributed by atoms with Gasteiger partial charge in [0.2, 0.25) is 11.9 Å². The number of aromatic nitrogens is 3. The fourth-order valence-corrected chi connectivity index (χ4v) is 3.12. The van der Waals surface area contributed by atoms with Crippen LogP contribution in [0.4, 0.5) is 11.6 Å². The van der Waals surface area contributed by atoms with Crippen molar-refractivity contribution in [3.05, 3.63) is 41.9 Å². The summed E-state index contributed by atoms with van der Waals surface area (Å²) in [6, 6.07) is 4.94. The summed E-state index contributed by atoms with van der Waals surface area (Å²) in [6.07, 6.45) is 4.72. The number of pyridine rings is 1. The van der Waals surface area contributed by atoms with E-state index in [9.17, 15) is 14.7 Å². The molecule has 2 aromatic heterocycles. The van der Waals surface area contributed by atoms with Crippen molar-refractivity contribution < 1.29 is 14.7 Å². The third kappa shape index (κ3) is 5.61. The highest BCUT2D eigenvalue weighted by Crippen LogP contribution is 2.15. The number of halogens is 1. The van der Waals surface area contributed by atoms with Crippen molar-refractivity contribution in [1.82, 2.24) is 19.9 Å². The third-order valence-corrected chi connectivity index (χ3v) is 4.70. The predicted molar refractivity (Wildman–Crippen MR) is 104 cm³/mol. The van der Waals surface area contributed by atoms with Gasteiger partial charge in [0.25, 0.3) is 0 Å². The minimum absolute atomic E-state index is 0.111. The van der Waals surface area contributed by atoms with Crippen LogP contribution in [0.2, 0.25) is 5.15 Å². The average Bonchev–Trinajstić information content (AvgIpc) is 2.70. The number of aliphatic carboxylic acids is 1. The Hall–Kier alpha value is -2.78. The second kappa shape index (κ2) is 9.43. The highest BCUT2D eigenvalue weighted by Gasteiger charge is 2.27. The van der Waals surface area contributed by atoms with E-state index in [4.69, 9.17) is 11.6 Å². The van der Waals surface area contributed by atoms with E-state index in [-0.39, 0.29) is 12.3 Å². The van der Waals surface area contributed by atoms with Gasteiger partial charge in [0, 0.05) is 51.5 Å². The van der Waals surface area contributed by atoms with Gasteiger partial charge in [-0.05, 0) is 18.2 Å². The van der Waals surface area contributed by atoms with Crippen LogP contribution in [0.1, 0.15) is 6.42 Å². The van der Waals surface area contributed by atoms with Crippen LogP contribution in [-0.4, -0.2) is 69.6 Å². The Labute approximate surface area is 167 Å². The molecule has 3 rings (SSSR count). The maximum Gasteiger partial charge on any atom is 0.308 e. The lowest BCUT2D eigenvalue weighted by Crippen LogP contribution is -2.49. The minimum Gasteiger partial charge on any atom is -0.481 e. The van der Waals surface area contributed by atoms with Crippen LogP contribution in [0.25, 0.3) is 0 Å². The van der Waals surface area contributed by atoms with Crippen LogP contribution in [0.3, 0.4) is 0 Å². The molecule has 0 bridgehead atoms. The van der Waals surface area contributed by atoms with Gasteiger partial charge in [0.15, 0.2) is 0 Å². The van der Waals surface area contributed by atoms with E-state index < -0.39 is 11.9 Å². The molecule has 1 unspecified atom stereocenters. The third-order valence-electron chi connectivity index (χ3n) is 4.48. The van der Waals surface area contributed by atoms with E-state index in [1.165, 1.54) is 6.20 Å². The maximum atomic E-state index is 12.2. The molecule has 1 aliphatic heterocycles. The SMILES string of the molecule is O=C(CC(CN1CCN(c2ncccn2)CC1)C(=O)O)Nc1ccc(Cl)nc1. The fraction of sp³-hybridized carbons (Fsp3) is 0.389. The fourth-order valence-electron chi connectivity index (χ4n) is 3.01. The summed E-state index contributed by atoms with van der Waals surface area (Å²) in [5.74, 6) is -1.47. The van der Waals surface area contributed by atoms with E-state index >= 15 is 0 Å². The molecule has 1 fully saturated rings. The molecule has 3 heterocycles. The molecule has 0 aliphatic carbocycles. The zero-order valence-corrected chi connectivity index (χ0v) is 15.9. The second-order valence-electron chi connectivity index (χ2n) is 6.49. The summed E-state index contributed by atoms with van der Waals surface area (Å²) >= 11 is 5.71. The monoisotopic (exact) mass is 404 g/mol. The van der Waals surface area contributed by atoms with Crippen LogP contribution in [0, 0.1) is 5.92 Å². The summed E-state index contributed by atoms with van der Waals surface area (Å²) < 4.78 is 0. The molecule has 1 atom stereocenters. The molecule has 10 heteroatoms. The molecule has 2 aromatic rings. The molecule has 0 spiro atoms. The van der Waals surface area contributed by atoms with Crippen molar-refractivity contribution in [2.75, 3.05) is 42.9 Å². The minimum atomic E-state index is -0.988. The van der Waals surface area contributed by atoms with Crippen LogP contribution < -0.4 is 10.2 Å². The summed E-state index contributed by atoms with van der Waals surface area (Å²) in [7, 11) is 0. The Morgan fingerprint density at radius 2 is 1.86 bits per heavy atom. The number of nitrogens with one attached hydrogen (secondary N) is 1. The second-order valence-corrected chi connectivity index (χ2v) is 6.88. The van der Waals surface area contributed by atoms with E-state index in [0.29, 0.717) is 49.5 Å². The molecule has 0 saturated carbocycles. The Balaban J connectivity index is 1.50. The molecular formula is C18H21ClN6O3. The van der Waals surface area contributed by atoms with Crippen LogP contribution >= 0.6 is 11.6 Å². The molecular weight excluding hydrogens is 384 g/mol. The highest BCUT2D eigenvalue weighted by molar-refractivity contribution is 6.29. The molecule has 1 aliphatic rings. The van der Waals surface area contributed by atoms with Gasteiger partial charge in [-0.2, -0.15) is 0 Å². The lowest BCUT2D eigenvalue weighted by molar-refractivity contribution is -0.144. The topological polar surface area (TPSA) is 112 Å². The smallest absolute Gasteiger partial charge is 0.308 e. The summed E-state index contributed by atoms with van der Waals surface area (Å²) in [4.78, 5) is 40.3. The van der Waals surface area contributed by atoms with Crippen molar-refractivity contribution in [3.8, 4) is 0 Å². The van der Waals surface area contributed by atoms with E-state index in [2.05, 4.69) is 30.1 Å². The zero-order valence-electron chi connectivity index (χ0n) is 15.2. The Kier molecular flexibility index (Phi) is 6.72. The van der Waals surface area contributed by atoms with Gasteiger partial charge >= 0.3 is 5.97 Å². The van der Waals surface area contributed by atoms with E-state index in [0.717, 1.165) is 0 Å². The van der Waals surface area contributed by atoms with Crippen molar-refractivity contribution >= 4 is 35.1 Å². The molecule has 148 valence electrons.